The molecule has 1 N–H and O–H groups in total. The summed E-state index contributed by atoms with van der Waals surface area (Å²) in [5, 5.41) is 8.46. The largest absolute Gasteiger partial charge is 0.480 e. The highest BCUT2D eigenvalue weighted by atomic mass is 32.2. The molecule has 0 aliphatic heterocycles. The number of thioether (sulfide) groups is 1. The zero-order chi connectivity index (χ0) is 11.6. The van der Waals surface area contributed by atoms with Gasteiger partial charge in [-0.2, -0.15) is 0 Å². The number of rotatable bonds is 3. The molecule has 0 aliphatic carbocycles. The van der Waals surface area contributed by atoms with Crippen molar-refractivity contribution < 1.29 is 9.90 Å². The van der Waals surface area contributed by atoms with E-state index in [0.29, 0.717) is 0 Å². The molecule has 0 amide bonds. The molecule has 82 valence electrons. The predicted octanol–water partition coefficient (Wildman–Crippen LogP) is 3.18. The molecule has 1 aromatic carbocycles. The van der Waals surface area contributed by atoms with Crippen LogP contribution in [0.5, 0.6) is 0 Å². The van der Waals surface area contributed by atoms with Gasteiger partial charge < -0.3 is 5.11 Å². The number of carbonyl (C=O) groups is 1. The van der Waals surface area contributed by atoms with Crippen molar-refractivity contribution in [3.05, 3.63) is 28.8 Å². The fourth-order valence-corrected chi connectivity index (χ4v) is 2.52. The van der Waals surface area contributed by atoms with Crippen LogP contribution in [0.15, 0.2) is 17.0 Å². The van der Waals surface area contributed by atoms with Crippen molar-refractivity contribution in [1.82, 2.24) is 0 Å². The molecule has 0 aliphatic rings. The molecule has 15 heavy (non-hydrogen) atoms. The molecular weight excluding hydrogens is 208 g/mol. The van der Waals surface area contributed by atoms with E-state index in [-0.39, 0.29) is 0 Å². The lowest BCUT2D eigenvalue weighted by Crippen LogP contribution is -2.11. The van der Waals surface area contributed by atoms with Crippen LogP contribution in [0.2, 0.25) is 0 Å². The second-order valence-electron chi connectivity index (χ2n) is 3.83. The number of aliphatic carboxylic acids is 1. The maximum absolute atomic E-state index is 10.8. The summed E-state index contributed by atoms with van der Waals surface area (Å²) in [5.74, 6) is -0.764. The standard InChI is InChI=1S/C12H16O2S/c1-7-5-8(2)11(9(3)6-7)15-10(4)12(13)14/h5-6,10H,1-4H3,(H,13,14). The van der Waals surface area contributed by atoms with Crippen molar-refractivity contribution in [2.24, 2.45) is 0 Å². The minimum Gasteiger partial charge on any atom is -0.480 e. The van der Waals surface area contributed by atoms with Crippen LogP contribution in [0.1, 0.15) is 23.6 Å². The summed E-state index contributed by atoms with van der Waals surface area (Å²) in [6.45, 7) is 7.81. The molecule has 0 radical (unpaired) electrons. The van der Waals surface area contributed by atoms with Crippen LogP contribution in [0.4, 0.5) is 0 Å². The third kappa shape index (κ3) is 2.99. The maximum atomic E-state index is 10.8. The van der Waals surface area contributed by atoms with Gasteiger partial charge in [0.1, 0.15) is 5.25 Å². The van der Waals surface area contributed by atoms with E-state index in [1.165, 1.54) is 17.3 Å². The van der Waals surface area contributed by atoms with Gasteiger partial charge in [-0.3, -0.25) is 4.79 Å². The van der Waals surface area contributed by atoms with E-state index in [2.05, 4.69) is 19.1 Å². The van der Waals surface area contributed by atoms with Gasteiger partial charge in [0.25, 0.3) is 0 Å². The average molecular weight is 224 g/mol. The van der Waals surface area contributed by atoms with Crippen LogP contribution < -0.4 is 0 Å². The van der Waals surface area contributed by atoms with Crippen LogP contribution in [-0.4, -0.2) is 16.3 Å². The fourth-order valence-electron chi connectivity index (χ4n) is 1.58. The van der Waals surface area contributed by atoms with Crippen LogP contribution in [0.3, 0.4) is 0 Å². The van der Waals surface area contributed by atoms with E-state index >= 15 is 0 Å². The van der Waals surface area contributed by atoms with Crippen molar-refractivity contribution in [1.29, 1.82) is 0 Å². The number of hydrogen-bond donors (Lipinski definition) is 1. The molecule has 1 aromatic rings. The van der Waals surface area contributed by atoms with Crippen molar-refractivity contribution in [2.45, 2.75) is 37.8 Å². The van der Waals surface area contributed by atoms with E-state index in [4.69, 9.17) is 5.11 Å². The smallest absolute Gasteiger partial charge is 0.316 e. The number of aryl methyl sites for hydroxylation is 3. The first-order valence-electron chi connectivity index (χ1n) is 4.89. The normalized spacial score (nSPS) is 12.5. The third-order valence-electron chi connectivity index (χ3n) is 2.25. The lowest BCUT2D eigenvalue weighted by atomic mass is 10.1. The highest BCUT2D eigenvalue weighted by Gasteiger charge is 2.15. The van der Waals surface area contributed by atoms with Gasteiger partial charge >= 0.3 is 5.97 Å². The number of carboxylic acid groups (broad SMARTS) is 1. The Kier molecular flexibility index (Phi) is 3.80. The first-order chi connectivity index (χ1) is 6.91. The van der Waals surface area contributed by atoms with Gasteiger partial charge in [0.05, 0.1) is 0 Å². The summed E-state index contributed by atoms with van der Waals surface area (Å²) in [6, 6.07) is 4.17. The van der Waals surface area contributed by atoms with Crippen molar-refractivity contribution in [3.8, 4) is 0 Å². The highest BCUT2D eigenvalue weighted by Crippen LogP contribution is 2.30. The molecule has 0 saturated heterocycles. The molecule has 0 bridgehead atoms. The van der Waals surface area contributed by atoms with Crippen molar-refractivity contribution >= 4 is 17.7 Å². The van der Waals surface area contributed by atoms with Gasteiger partial charge in [-0.15, -0.1) is 11.8 Å². The molecule has 1 unspecified atom stereocenters. The summed E-state index contributed by atoms with van der Waals surface area (Å²) in [5.41, 5.74) is 3.54. The number of hydrogen-bond acceptors (Lipinski definition) is 2. The molecule has 0 spiro atoms. The molecule has 0 aromatic heterocycles. The molecule has 3 heteroatoms. The van der Waals surface area contributed by atoms with Crippen molar-refractivity contribution in [3.63, 3.8) is 0 Å². The zero-order valence-corrected chi connectivity index (χ0v) is 10.3. The van der Waals surface area contributed by atoms with E-state index in [1.807, 2.05) is 13.8 Å². The van der Waals surface area contributed by atoms with E-state index in [1.54, 1.807) is 6.92 Å². The van der Waals surface area contributed by atoms with Gasteiger partial charge in [0, 0.05) is 4.90 Å². The summed E-state index contributed by atoms with van der Waals surface area (Å²) < 4.78 is 0. The minimum absolute atomic E-state index is 0.398. The summed E-state index contributed by atoms with van der Waals surface area (Å²) in [6.07, 6.45) is 0. The van der Waals surface area contributed by atoms with Gasteiger partial charge in [0.2, 0.25) is 0 Å². The Morgan fingerprint density at radius 1 is 1.27 bits per heavy atom. The predicted molar refractivity (Wildman–Crippen MR) is 63.6 cm³/mol. The lowest BCUT2D eigenvalue weighted by Gasteiger charge is -2.12. The Hall–Kier alpha value is -0.960. The van der Waals surface area contributed by atoms with Crippen LogP contribution in [-0.2, 0) is 4.79 Å². The Labute approximate surface area is 94.7 Å². The summed E-state index contributed by atoms with van der Waals surface area (Å²) >= 11 is 1.41. The molecule has 1 rings (SSSR count). The fraction of sp³-hybridized carbons (Fsp3) is 0.417. The van der Waals surface area contributed by atoms with Gasteiger partial charge in [-0.05, 0) is 38.8 Å². The first-order valence-corrected chi connectivity index (χ1v) is 5.77. The molecular formula is C12H16O2S. The van der Waals surface area contributed by atoms with Crippen molar-refractivity contribution in [2.75, 3.05) is 0 Å². The van der Waals surface area contributed by atoms with Gasteiger partial charge in [-0.25, -0.2) is 0 Å². The molecule has 0 fully saturated rings. The topological polar surface area (TPSA) is 37.3 Å². The SMILES string of the molecule is Cc1cc(C)c(SC(C)C(=O)O)c(C)c1. The molecule has 2 nitrogen and oxygen atoms in total. The number of carboxylic acids is 1. The monoisotopic (exact) mass is 224 g/mol. The Morgan fingerprint density at radius 3 is 2.13 bits per heavy atom. The van der Waals surface area contributed by atoms with E-state index in [9.17, 15) is 4.79 Å². The van der Waals surface area contributed by atoms with Gasteiger partial charge in [0.15, 0.2) is 0 Å². The lowest BCUT2D eigenvalue weighted by molar-refractivity contribution is -0.136. The second-order valence-corrected chi connectivity index (χ2v) is 5.18. The number of benzene rings is 1. The maximum Gasteiger partial charge on any atom is 0.316 e. The Morgan fingerprint density at radius 2 is 1.73 bits per heavy atom. The third-order valence-corrected chi connectivity index (χ3v) is 3.68. The van der Waals surface area contributed by atoms with E-state index in [0.717, 1.165) is 16.0 Å². The quantitative estimate of drug-likeness (QED) is 0.801. The highest BCUT2D eigenvalue weighted by molar-refractivity contribution is 8.00. The minimum atomic E-state index is -0.764. The van der Waals surface area contributed by atoms with Crippen LogP contribution in [0.25, 0.3) is 0 Å². The van der Waals surface area contributed by atoms with Crippen LogP contribution >= 0.6 is 11.8 Å². The van der Waals surface area contributed by atoms with Gasteiger partial charge in [-0.1, -0.05) is 17.7 Å². The Balaban J connectivity index is 3.00. The van der Waals surface area contributed by atoms with Crippen LogP contribution in [0, 0.1) is 20.8 Å². The molecule has 1 atom stereocenters. The summed E-state index contributed by atoms with van der Waals surface area (Å²) in [7, 11) is 0. The molecule has 0 heterocycles. The zero-order valence-electron chi connectivity index (χ0n) is 9.50. The average Bonchev–Trinajstić information content (AvgIpc) is 2.10. The Bertz CT molecular complexity index is 362. The molecule has 0 saturated carbocycles. The van der Waals surface area contributed by atoms with E-state index < -0.39 is 11.2 Å². The first kappa shape index (κ1) is 12.1. The second kappa shape index (κ2) is 4.71. The summed E-state index contributed by atoms with van der Waals surface area (Å²) in [4.78, 5) is 11.9.